The molecular formula is C19H15F3N2OS. The number of hydrogen-bond donors (Lipinski definition) is 1. The number of carbonyl (C=O) groups excluding carboxylic acids is 1. The zero-order valence-electron chi connectivity index (χ0n) is 13.8. The molecule has 7 heteroatoms. The molecule has 0 spiro atoms. The summed E-state index contributed by atoms with van der Waals surface area (Å²) in [6.07, 6.45) is -3.77. The van der Waals surface area contributed by atoms with Gasteiger partial charge in [0.05, 0.1) is 16.3 Å². The Morgan fingerprint density at radius 3 is 2.35 bits per heavy atom. The van der Waals surface area contributed by atoms with Crippen LogP contribution in [-0.2, 0) is 12.6 Å². The molecule has 2 aromatic carbocycles. The lowest BCUT2D eigenvalue weighted by molar-refractivity contribution is -0.137. The van der Waals surface area contributed by atoms with Crippen LogP contribution in [0, 0.1) is 6.92 Å². The first-order chi connectivity index (χ1) is 12.3. The summed E-state index contributed by atoms with van der Waals surface area (Å²) in [6.45, 7) is 1.74. The lowest BCUT2D eigenvalue weighted by Crippen LogP contribution is -2.12. The lowest BCUT2D eigenvalue weighted by Gasteiger charge is -2.08. The first-order valence-electron chi connectivity index (χ1n) is 7.82. The van der Waals surface area contributed by atoms with Gasteiger partial charge in [-0.05, 0) is 36.8 Å². The van der Waals surface area contributed by atoms with Crippen LogP contribution in [0.25, 0.3) is 0 Å². The van der Waals surface area contributed by atoms with Crippen LogP contribution in [0.15, 0.2) is 54.6 Å². The Hall–Kier alpha value is -2.67. The number of benzene rings is 2. The number of aromatic nitrogens is 1. The van der Waals surface area contributed by atoms with E-state index in [0.29, 0.717) is 22.7 Å². The zero-order chi connectivity index (χ0) is 18.7. The Labute approximate surface area is 152 Å². The standard InChI is InChI=1S/C19H15F3N2OS/c1-12-17(26-16(23-12)11-13-5-3-2-4-6-13)18(25)24-15-9-7-14(8-10-15)19(20,21)22/h2-10H,11H2,1H3,(H,24,25). The maximum absolute atomic E-state index is 12.6. The molecule has 1 heterocycles. The molecule has 1 aromatic heterocycles. The molecule has 1 N–H and O–H groups in total. The molecule has 0 saturated heterocycles. The molecule has 0 fully saturated rings. The van der Waals surface area contributed by atoms with Gasteiger partial charge in [0.25, 0.3) is 5.91 Å². The maximum Gasteiger partial charge on any atom is 0.416 e. The molecule has 26 heavy (non-hydrogen) atoms. The van der Waals surface area contributed by atoms with E-state index in [0.717, 1.165) is 22.7 Å². The highest BCUT2D eigenvalue weighted by Gasteiger charge is 2.30. The summed E-state index contributed by atoms with van der Waals surface area (Å²) in [7, 11) is 0. The molecule has 1 amide bonds. The minimum Gasteiger partial charge on any atom is -0.321 e. The van der Waals surface area contributed by atoms with Crippen LogP contribution in [0.4, 0.5) is 18.9 Å². The highest BCUT2D eigenvalue weighted by Crippen LogP contribution is 2.30. The van der Waals surface area contributed by atoms with E-state index in [1.165, 1.54) is 23.5 Å². The van der Waals surface area contributed by atoms with Gasteiger partial charge in [-0.3, -0.25) is 4.79 Å². The summed E-state index contributed by atoms with van der Waals surface area (Å²) in [4.78, 5) is 17.3. The molecule has 0 saturated carbocycles. The van der Waals surface area contributed by atoms with E-state index >= 15 is 0 Å². The van der Waals surface area contributed by atoms with Gasteiger partial charge in [-0.15, -0.1) is 11.3 Å². The third-order valence-electron chi connectivity index (χ3n) is 3.72. The third-order valence-corrected chi connectivity index (χ3v) is 4.87. The van der Waals surface area contributed by atoms with E-state index in [-0.39, 0.29) is 5.91 Å². The Morgan fingerprint density at radius 2 is 1.73 bits per heavy atom. The molecule has 0 unspecified atom stereocenters. The molecule has 3 nitrogen and oxygen atoms in total. The summed E-state index contributed by atoms with van der Waals surface area (Å²) in [5.41, 5.74) is 1.25. The Balaban J connectivity index is 1.72. The van der Waals surface area contributed by atoms with Gasteiger partial charge in [0.2, 0.25) is 0 Å². The van der Waals surface area contributed by atoms with Crippen molar-refractivity contribution in [3.05, 3.63) is 81.3 Å². The van der Waals surface area contributed by atoms with Gasteiger partial charge >= 0.3 is 6.18 Å². The number of nitrogens with zero attached hydrogens (tertiary/aromatic N) is 1. The number of anilines is 1. The van der Waals surface area contributed by atoms with Gasteiger partial charge in [0, 0.05) is 12.1 Å². The smallest absolute Gasteiger partial charge is 0.321 e. The van der Waals surface area contributed by atoms with Crippen molar-refractivity contribution in [2.24, 2.45) is 0 Å². The van der Waals surface area contributed by atoms with Crippen molar-refractivity contribution in [3.8, 4) is 0 Å². The molecule has 3 aromatic rings. The molecule has 3 rings (SSSR count). The predicted molar refractivity (Wildman–Crippen MR) is 95.5 cm³/mol. The number of aryl methyl sites for hydroxylation is 1. The molecular weight excluding hydrogens is 361 g/mol. The molecule has 0 aliphatic rings. The van der Waals surface area contributed by atoms with Crippen LogP contribution in [0.2, 0.25) is 0 Å². The van der Waals surface area contributed by atoms with Crippen molar-refractivity contribution in [3.63, 3.8) is 0 Å². The van der Waals surface area contributed by atoms with E-state index in [2.05, 4.69) is 10.3 Å². The number of nitrogens with one attached hydrogen (secondary N) is 1. The van der Waals surface area contributed by atoms with Crippen LogP contribution in [-0.4, -0.2) is 10.9 Å². The summed E-state index contributed by atoms with van der Waals surface area (Å²) < 4.78 is 37.8. The van der Waals surface area contributed by atoms with Crippen LogP contribution in [0.3, 0.4) is 0 Å². The highest BCUT2D eigenvalue weighted by atomic mass is 32.1. The normalized spacial score (nSPS) is 11.4. The number of carbonyl (C=O) groups is 1. The first kappa shape index (κ1) is 18.1. The quantitative estimate of drug-likeness (QED) is 0.670. The minimum absolute atomic E-state index is 0.306. The largest absolute Gasteiger partial charge is 0.416 e. The SMILES string of the molecule is Cc1nc(Cc2ccccc2)sc1C(=O)Nc1ccc(C(F)(F)F)cc1. The van der Waals surface area contributed by atoms with Crippen LogP contribution in [0.1, 0.15) is 31.5 Å². The number of alkyl halides is 3. The van der Waals surface area contributed by atoms with Crippen molar-refractivity contribution < 1.29 is 18.0 Å². The Kier molecular flexibility index (Phi) is 5.08. The van der Waals surface area contributed by atoms with E-state index in [1.807, 2.05) is 30.3 Å². The molecule has 0 aliphatic heterocycles. The van der Waals surface area contributed by atoms with Gasteiger partial charge < -0.3 is 5.32 Å². The zero-order valence-corrected chi connectivity index (χ0v) is 14.6. The van der Waals surface area contributed by atoms with Crippen LogP contribution < -0.4 is 5.32 Å². The topological polar surface area (TPSA) is 42.0 Å². The minimum atomic E-state index is -4.40. The number of thiazole rings is 1. The fourth-order valence-electron chi connectivity index (χ4n) is 2.44. The van der Waals surface area contributed by atoms with E-state index in [1.54, 1.807) is 6.92 Å². The molecule has 0 radical (unpaired) electrons. The number of amides is 1. The van der Waals surface area contributed by atoms with Gasteiger partial charge in [-0.25, -0.2) is 4.98 Å². The Morgan fingerprint density at radius 1 is 1.08 bits per heavy atom. The van der Waals surface area contributed by atoms with Crippen LogP contribution >= 0.6 is 11.3 Å². The summed E-state index contributed by atoms with van der Waals surface area (Å²) in [5, 5.41) is 3.43. The predicted octanol–water partition coefficient (Wildman–Crippen LogP) is 5.31. The monoisotopic (exact) mass is 376 g/mol. The second kappa shape index (κ2) is 7.29. The second-order valence-electron chi connectivity index (χ2n) is 5.71. The van der Waals surface area contributed by atoms with Gasteiger partial charge in [-0.2, -0.15) is 13.2 Å². The molecule has 134 valence electrons. The first-order valence-corrected chi connectivity index (χ1v) is 8.63. The van der Waals surface area contributed by atoms with E-state index in [4.69, 9.17) is 0 Å². The van der Waals surface area contributed by atoms with Gasteiger partial charge in [0.15, 0.2) is 0 Å². The lowest BCUT2D eigenvalue weighted by atomic mass is 10.2. The van der Waals surface area contributed by atoms with E-state index < -0.39 is 11.7 Å². The molecule has 0 bridgehead atoms. The van der Waals surface area contributed by atoms with Gasteiger partial charge in [0.1, 0.15) is 4.88 Å². The fourth-order valence-corrected chi connectivity index (χ4v) is 3.43. The third kappa shape index (κ3) is 4.29. The summed E-state index contributed by atoms with van der Waals surface area (Å²) >= 11 is 1.29. The van der Waals surface area contributed by atoms with Crippen LogP contribution in [0.5, 0.6) is 0 Å². The summed E-state index contributed by atoms with van der Waals surface area (Å²) in [5.74, 6) is -0.376. The highest BCUT2D eigenvalue weighted by molar-refractivity contribution is 7.14. The average molecular weight is 376 g/mol. The number of hydrogen-bond acceptors (Lipinski definition) is 3. The fraction of sp³-hybridized carbons (Fsp3) is 0.158. The van der Waals surface area contributed by atoms with E-state index in [9.17, 15) is 18.0 Å². The molecule has 0 atom stereocenters. The summed E-state index contributed by atoms with van der Waals surface area (Å²) in [6, 6.07) is 14.1. The van der Waals surface area contributed by atoms with Crippen molar-refractivity contribution in [1.29, 1.82) is 0 Å². The second-order valence-corrected chi connectivity index (χ2v) is 6.80. The average Bonchev–Trinajstić information content (AvgIpc) is 2.96. The van der Waals surface area contributed by atoms with Crippen molar-refractivity contribution in [2.45, 2.75) is 19.5 Å². The Bertz CT molecular complexity index is 903. The van der Waals surface area contributed by atoms with Crippen molar-refractivity contribution in [2.75, 3.05) is 5.32 Å². The van der Waals surface area contributed by atoms with Crippen molar-refractivity contribution in [1.82, 2.24) is 4.98 Å². The maximum atomic E-state index is 12.6. The molecule has 0 aliphatic carbocycles. The number of rotatable bonds is 4. The van der Waals surface area contributed by atoms with Gasteiger partial charge in [-0.1, -0.05) is 30.3 Å². The van der Waals surface area contributed by atoms with Crippen molar-refractivity contribution >= 4 is 22.9 Å². The number of halogens is 3.